The largest absolute Gasteiger partial charge is 0.300 e. The van der Waals surface area contributed by atoms with E-state index >= 15 is 0 Å². The van der Waals surface area contributed by atoms with Crippen molar-refractivity contribution in [3.05, 3.63) is 34.4 Å². The Balaban J connectivity index is 2.19. The Morgan fingerprint density at radius 2 is 1.79 bits per heavy atom. The molecule has 33 heavy (non-hydrogen) atoms. The van der Waals surface area contributed by atoms with E-state index in [2.05, 4.69) is 6.92 Å². The first kappa shape index (κ1) is 27.1. The molecule has 4 heteroatoms. The van der Waals surface area contributed by atoms with Crippen LogP contribution in [0.25, 0.3) is 0 Å². The Morgan fingerprint density at radius 1 is 1.09 bits per heavy atom. The van der Waals surface area contributed by atoms with Crippen molar-refractivity contribution in [3.63, 3.8) is 0 Å². The van der Waals surface area contributed by atoms with Crippen molar-refractivity contribution in [2.24, 2.45) is 23.7 Å². The number of benzene rings is 1. The summed E-state index contributed by atoms with van der Waals surface area (Å²) in [7, 11) is 0. The third-order valence-corrected chi connectivity index (χ3v) is 7.09. The highest BCUT2D eigenvalue weighted by atomic mass is 16.1. The molecule has 0 heterocycles. The summed E-state index contributed by atoms with van der Waals surface area (Å²) in [5.74, 6) is 1.01. The highest BCUT2D eigenvalue weighted by Crippen LogP contribution is 2.37. The summed E-state index contributed by atoms with van der Waals surface area (Å²) in [5.41, 5.74) is 3.82. The Hall–Kier alpha value is -2.10. The third-order valence-electron chi connectivity index (χ3n) is 7.09. The van der Waals surface area contributed by atoms with E-state index in [0.29, 0.717) is 25.2 Å². The van der Waals surface area contributed by atoms with Gasteiger partial charge in [-0.2, -0.15) is 0 Å². The number of ketones is 4. The predicted molar refractivity (Wildman–Crippen MR) is 133 cm³/mol. The molecule has 0 bridgehead atoms. The fourth-order valence-electron chi connectivity index (χ4n) is 5.70. The van der Waals surface area contributed by atoms with Crippen molar-refractivity contribution in [1.29, 1.82) is 0 Å². The van der Waals surface area contributed by atoms with Crippen molar-refractivity contribution in [3.8, 4) is 0 Å². The van der Waals surface area contributed by atoms with E-state index in [1.807, 2.05) is 39.8 Å². The summed E-state index contributed by atoms with van der Waals surface area (Å²) >= 11 is 0. The van der Waals surface area contributed by atoms with E-state index in [4.69, 9.17) is 0 Å². The predicted octanol–water partition coefficient (Wildman–Crippen LogP) is 6.28. The van der Waals surface area contributed by atoms with E-state index in [1.165, 1.54) is 6.92 Å². The van der Waals surface area contributed by atoms with E-state index in [9.17, 15) is 19.2 Å². The molecule has 1 aromatic carbocycles. The fourth-order valence-corrected chi connectivity index (χ4v) is 5.70. The van der Waals surface area contributed by atoms with Crippen LogP contribution in [-0.2, 0) is 27.2 Å². The number of carbonyl (C=O) groups excluding carboxylic acids is 4. The highest BCUT2D eigenvalue weighted by molar-refractivity contribution is 6.01. The summed E-state index contributed by atoms with van der Waals surface area (Å²) in [5, 5.41) is 0. The van der Waals surface area contributed by atoms with Crippen molar-refractivity contribution in [1.82, 2.24) is 0 Å². The van der Waals surface area contributed by atoms with Gasteiger partial charge in [0.2, 0.25) is 0 Å². The molecule has 0 aliphatic heterocycles. The molecule has 2 rings (SSSR count). The van der Waals surface area contributed by atoms with Crippen molar-refractivity contribution in [2.75, 3.05) is 0 Å². The van der Waals surface area contributed by atoms with Gasteiger partial charge in [-0.25, -0.2) is 0 Å². The maximum absolute atomic E-state index is 13.2. The molecule has 4 nitrogen and oxygen atoms in total. The van der Waals surface area contributed by atoms with Gasteiger partial charge in [0.15, 0.2) is 5.78 Å². The zero-order valence-electron chi connectivity index (χ0n) is 21.5. The average Bonchev–Trinajstić information content (AvgIpc) is 2.69. The summed E-state index contributed by atoms with van der Waals surface area (Å²) in [6.07, 6.45) is 5.80. The second-order valence-corrected chi connectivity index (χ2v) is 10.5. The lowest BCUT2D eigenvalue weighted by molar-refractivity contribution is -0.130. The molecule has 182 valence electrons. The summed E-state index contributed by atoms with van der Waals surface area (Å²) < 4.78 is 0. The van der Waals surface area contributed by atoms with Gasteiger partial charge in [-0.3, -0.25) is 19.2 Å². The molecule has 0 amide bonds. The van der Waals surface area contributed by atoms with Crippen LogP contribution in [0.4, 0.5) is 0 Å². The van der Waals surface area contributed by atoms with Crippen LogP contribution in [0, 0.1) is 30.6 Å². The van der Waals surface area contributed by atoms with Gasteiger partial charge in [0.1, 0.15) is 17.3 Å². The fraction of sp³-hybridized carbons (Fsp3) is 0.655. The Kier molecular flexibility index (Phi) is 10.2. The number of hydrogen-bond acceptors (Lipinski definition) is 4. The first-order valence-electron chi connectivity index (χ1n) is 12.8. The van der Waals surface area contributed by atoms with E-state index in [0.717, 1.165) is 54.4 Å². The molecular formula is C29H42O4. The lowest BCUT2D eigenvalue weighted by Crippen LogP contribution is -2.30. The van der Waals surface area contributed by atoms with Crippen LogP contribution >= 0.6 is 0 Å². The van der Waals surface area contributed by atoms with Crippen LogP contribution in [0.15, 0.2) is 12.1 Å². The molecule has 3 unspecified atom stereocenters. The quantitative estimate of drug-likeness (QED) is 0.329. The van der Waals surface area contributed by atoms with Crippen molar-refractivity contribution < 1.29 is 19.2 Å². The van der Waals surface area contributed by atoms with Gasteiger partial charge < -0.3 is 0 Å². The summed E-state index contributed by atoms with van der Waals surface area (Å²) in [6, 6.07) is 4.06. The van der Waals surface area contributed by atoms with Crippen LogP contribution in [0.1, 0.15) is 107 Å². The number of carbonyl (C=O) groups is 4. The van der Waals surface area contributed by atoms with Gasteiger partial charge in [0.25, 0.3) is 0 Å². The molecule has 0 spiro atoms. The summed E-state index contributed by atoms with van der Waals surface area (Å²) in [4.78, 5) is 49.8. The van der Waals surface area contributed by atoms with Crippen LogP contribution in [0.5, 0.6) is 0 Å². The molecule has 3 atom stereocenters. The SMILES string of the molecule is CCCC(CC1CC(=O)c2c(ccc(CC(=O)CC(C)C)c2C)C1)C(CC)C(=O)CC(C)=O. The van der Waals surface area contributed by atoms with E-state index < -0.39 is 0 Å². The third kappa shape index (κ3) is 7.45. The molecule has 0 saturated carbocycles. The topological polar surface area (TPSA) is 68.3 Å². The number of hydrogen-bond donors (Lipinski definition) is 0. The van der Waals surface area contributed by atoms with E-state index in [1.54, 1.807) is 0 Å². The zero-order chi connectivity index (χ0) is 24.7. The lowest BCUT2D eigenvalue weighted by atomic mass is 9.72. The van der Waals surface area contributed by atoms with E-state index in [-0.39, 0.29) is 47.3 Å². The maximum atomic E-state index is 13.2. The minimum atomic E-state index is -0.110. The molecule has 0 fully saturated rings. The zero-order valence-corrected chi connectivity index (χ0v) is 21.5. The minimum Gasteiger partial charge on any atom is -0.300 e. The van der Waals surface area contributed by atoms with Gasteiger partial charge in [-0.15, -0.1) is 0 Å². The van der Waals surface area contributed by atoms with Crippen LogP contribution < -0.4 is 0 Å². The number of fused-ring (bicyclic) bond motifs is 1. The monoisotopic (exact) mass is 454 g/mol. The minimum absolute atomic E-state index is 0.0165. The van der Waals surface area contributed by atoms with Crippen molar-refractivity contribution in [2.45, 2.75) is 99.3 Å². The Labute approximate surface area is 199 Å². The first-order chi connectivity index (χ1) is 15.6. The molecule has 0 saturated heterocycles. The van der Waals surface area contributed by atoms with Crippen LogP contribution in [0.3, 0.4) is 0 Å². The second kappa shape index (κ2) is 12.4. The van der Waals surface area contributed by atoms with Gasteiger partial charge in [0, 0.05) is 30.7 Å². The Morgan fingerprint density at radius 3 is 2.36 bits per heavy atom. The molecule has 0 aromatic heterocycles. The van der Waals surface area contributed by atoms with Crippen molar-refractivity contribution >= 4 is 23.1 Å². The smallest absolute Gasteiger partial charge is 0.163 e. The molecular weight excluding hydrogens is 412 g/mol. The van der Waals surface area contributed by atoms with Gasteiger partial charge in [-0.05, 0) is 67.6 Å². The average molecular weight is 455 g/mol. The normalized spacial score (nSPS) is 17.5. The van der Waals surface area contributed by atoms with Gasteiger partial charge in [0.05, 0.1) is 6.42 Å². The highest BCUT2D eigenvalue weighted by Gasteiger charge is 2.33. The molecule has 1 aromatic rings. The van der Waals surface area contributed by atoms with Gasteiger partial charge >= 0.3 is 0 Å². The molecule has 1 aliphatic rings. The molecule has 0 N–H and O–H groups in total. The van der Waals surface area contributed by atoms with Crippen LogP contribution in [0.2, 0.25) is 0 Å². The summed E-state index contributed by atoms with van der Waals surface area (Å²) in [6.45, 7) is 11.7. The number of rotatable bonds is 13. The standard InChI is InChI=1S/C29H42O4/c1-7-9-23(26(8-2)27(32)13-19(5)30)14-21-15-24-11-10-22(17-25(31)12-18(3)4)20(6)29(24)28(33)16-21/h10-11,18,21,23,26H,7-9,12-17H2,1-6H3. The lowest BCUT2D eigenvalue weighted by Gasteiger charge is -2.32. The van der Waals surface area contributed by atoms with Crippen LogP contribution in [-0.4, -0.2) is 23.1 Å². The maximum Gasteiger partial charge on any atom is 0.163 e. The number of Topliss-reactive ketones (excluding diaryl/α,β-unsaturated/α-hetero) is 4. The second-order valence-electron chi connectivity index (χ2n) is 10.5. The molecule has 1 aliphatic carbocycles. The first-order valence-corrected chi connectivity index (χ1v) is 12.8. The molecule has 0 radical (unpaired) electrons. The van der Waals surface area contributed by atoms with Gasteiger partial charge in [-0.1, -0.05) is 52.7 Å². The Bertz CT molecular complexity index is 880.